The van der Waals surface area contributed by atoms with Crippen molar-refractivity contribution in [2.24, 2.45) is 0 Å². The monoisotopic (exact) mass is 413 g/mol. The fraction of sp³-hybridized carbons (Fsp3) is 0.115. The molecule has 1 atom stereocenters. The van der Waals surface area contributed by atoms with Gasteiger partial charge in [-0.25, -0.2) is 0 Å². The van der Waals surface area contributed by atoms with Crippen LogP contribution in [0.25, 0.3) is 22.2 Å². The first kappa shape index (κ1) is 18.7. The quantitative estimate of drug-likeness (QED) is 0.411. The molecule has 148 valence electrons. The number of pyridine rings is 1. The van der Waals surface area contributed by atoms with Crippen LogP contribution in [0, 0.1) is 6.92 Å². The van der Waals surface area contributed by atoms with Gasteiger partial charge in [0.2, 0.25) is 0 Å². The highest BCUT2D eigenvalue weighted by molar-refractivity contribution is 6.32. The maximum atomic E-state index is 13.6. The summed E-state index contributed by atoms with van der Waals surface area (Å²) >= 11 is 6.29. The van der Waals surface area contributed by atoms with Crippen molar-refractivity contribution < 1.29 is 9.90 Å². The Balaban J connectivity index is 1.65. The van der Waals surface area contributed by atoms with E-state index < -0.39 is 5.92 Å². The van der Waals surface area contributed by atoms with Crippen LogP contribution in [-0.2, 0) is 4.79 Å². The topological polar surface area (TPSA) is 41.7 Å². The molecular weight excluding hydrogens is 394 g/mol. The Bertz CT molecular complexity index is 1320. The van der Waals surface area contributed by atoms with Crippen molar-refractivity contribution in [1.29, 1.82) is 0 Å². The fourth-order valence-corrected chi connectivity index (χ4v) is 4.51. The first-order valence-electron chi connectivity index (χ1n) is 9.93. The van der Waals surface area contributed by atoms with E-state index in [9.17, 15) is 9.90 Å². The zero-order valence-corrected chi connectivity index (χ0v) is 17.2. The molecule has 2 aromatic heterocycles. The molecule has 4 aromatic rings. The minimum atomic E-state index is -0.458. The predicted molar refractivity (Wildman–Crippen MR) is 121 cm³/mol. The number of aryl methyl sites for hydroxylation is 1. The van der Waals surface area contributed by atoms with Crippen molar-refractivity contribution in [3.8, 4) is 11.1 Å². The van der Waals surface area contributed by atoms with E-state index in [1.165, 1.54) is 0 Å². The Morgan fingerprint density at radius 1 is 0.967 bits per heavy atom. The Morgan fingerprint density at radius 2 is 1.73 bits per heavy atom. The van der Waals surface area contributed by atoms with Crippen LogP contribution in [0.1, 0.15) is 29.2 Å². The molecule has 2 heterocycles. The van der Waals surface area contributed by atoms with Gasteiger partial charge in [0.15, 0.2) is 5.78 Å². The van der Waals surface area contributed by atoms with E-state index in [0.29, 0.717) is 16.2 Å². The maximum absolute atomic E-state index is 13.6. The molecule has 5 rings (SSSR count). The lowest BCUT2D eigenvalue weighted by molar-refractivity contribution is -0.114. The van der Waals surface area contributed by atoms with E-state index in [0.717, 1.165) is 27.9 Å². The summed E-state index contributed by atoms with van der Waals surface area (Å²) in [6, 6.07) is 23.6. The van der Waals surface area contributed by atoms with Crippen molar-refractivity contribution in [2.45, 2.75) is 19.3 Å². The van der Waals surface area contributed by atoms with E-state index >= 15 is 0 Å². The molecule has 4 heteroatoms. The van der Waals surface area contributed by atoms with Gasteiger partial charge in [0.25, 0.3) is 0 Å². The molecular formula is C26H20ClNO2. The third-order valence-corrected chi connectivity index (χ3v) is 6.25. The van der Waals surface area contributed by atoms with E-state index in [-0.39, 0.29) is 18.0 Å². The highest BCUT2D eigenvalue weighted by Gasteiger charge is 2.38. The van der Waals surface area contributed by atoms with Gasteiger partial charge < -0.3 is 9.51 Å². The molecule has 3 nitrogen and oxygen atoms in total. The number of hydrogen-bond acceptors (Lipinski definition) is 2. The summed E-state index contributed by atoms with van der Waals surface area (Å²) in [5.74, 6) is -0.413. The lowest BCUT2D eigenvalue weighted by Gasteiger charge is -2.14. The molecule has 0 fully saturated rings. The van der Waals surface area contributed by atoms with Crippen LogP contribution < -0.4 is 0 Å². The lowest BCUT2D eigenvalue weighted by atomic mass is 9.92. The molecule has 0 radical (unpaired) electrons. The second kappa shape index (κ2) is 7.19. The average Bonchev–Trinajstić information content (AvgIpc) is 3.27. The van der Waals surface area contributed by atoms with Crippen LogP contribution in [0.5, 0.6) is 0 Å². The Hall–Kier alpha value is -3.30. The second-order valence-corrected chi connectivity index (χ2v) is 8.12. The number of aromatic nitrogens is 1. The van der Waals surface area contributed by atoms with Crippen LogP contribution in [-0.4, -0.2) is 15.3 Å². The van der Waals surface area contributed by atoms with E-state index in [1.54, 1.807) is 6.07 Å². The van der Waals surface area contributed by atoms with Crippen molar-refractivity contribution in [3.63, 3.8) is 0 Å². The molecule has 2 aromatic carbocycles. The molecule has 1 aliphatic rings. The molecule has 0 bridgehead atoms. The van der Waals surface area contributed by atoms with Crippen molar-refractivity contribution in [2.75, 3.05) is 0 Å². The minimum absolute atomic E-state index is 0.0755. The summed E-state index contributed by atoms with van der Waals surface area (Å²) < 4.78 is 2.06. The first-order valence-corrected chi connectivity index (χ1v) is 10.3. The first-order chi connectivity index (χ1) is 14.5. The summed E-state index contributed by atoms with van der Waals surface area (Å²) in [6.07, 6.45) is 2.25. The number of hydrogen-bond donors (Lipinski definition) is 1. The van der Waals surface area contributed by atoms with Gasteiger partial charge in [-0.2, -0.15) is 0 Å². The number of allylic oxidation sites excluding steroid dienone is 2. The van der Waals surface area contributed by atoms with Crippen LogP contribution in [0.2, 0.25) is 5.02 Å². The average molecular weight is 414 g/mol. The molecule has 30 heavy (non-hydrogen) atoms. The van der Waals surface area contributed by atoms with Gasteiger partial charge in [-0.1, -0.05) is 60.1 Å². The third-order valence-electron chi connectivity index (χ3n) is 5.84. The van der Waals surface area contributed by atoms with Gasteiger partial charge in [0.05, 0.1) is 11.5 Å². The van der Waals surface area contributed by atoms with Gasteiger partial charge in [0, 0.05) is 34.4 Å². The number of benzene rings is 2. The Morgan fingerprint density at radius 3 is 2.50 bits per heavy atom. The van der Waals surface area contributed by atoms with Crippen LogP contribution in [0.3, 0.4) is 0 Å². The van der Waals surface area contributed by atoms with E-state index in [1.807, 2.05) is 73.8 Å². The molecule has 0 amide bonds. The fourth-order valence-electron chi connectivity index (χ4n) is 4.33. The molecule has 0 spiro atoms. The number of Topliss-reactive ketones (excluding diaryl/α,β-unsaturated/α-hetero) is 1. The number of fused-ring (bicyclic) bond motifs is 1. The highest BCUT2D eigenvalue weighted by atomic mass is 35.5. The van der Waals surface area contributed by atoms with Crippen molar-refractivity contribution in [3.05, 3.63) is 107 Å². The van der Waals surface area contributed by atoms with Crippen molar-refractivity contribution >= 4 is 28.5 Å². The number of nitrogens with zero attached hydrogens (tertiary/aromatic N) is 1. The molecule has 0 saturated carbocycles. The van der Waals surface area contributed by atoms with Crippen LogP contribution >= 0.6 is 11.6 Å². The van der Waals surface area contributed by atoms with Gasteiger partial charge in [-0.15, -0.1) is 0 Å². The largest absolute Gasteiger partial charge is 0.512 e. The van der Waals surface area contributed by atoms with E-state index in [2.05, 4.69) is 10.5 Å². The van der Waals surface area contributed by atoms with Gasteiger partial charge in [-0.05, 0) is 47.9 Å². The molecule has 1 aliphatic carbocycles. The van der Waals surface area contributed by atoms with Crippen LogP contribution in [0.15, 0.2) is 84.8 Å². The summed E-state index contributed by atoms with van der Waals surface area (Å²) in [6.45, 7) is 1.92. The Labute approximate surface area is 179 Å². The number of carbonyl (C=O) groups is 1. The summed E-state index contributed by atoms with van der Waals surface area (Å²) in [4.78, 5) is 13.6. The maximum Gasteiger partial charge on any atom is 0.176 e. The summed E-state index contributed by atoms with van der Waals surface area (Å²) in [5, 5.41) is 11.4. The van der Waals surface area contributed by atoms with Gasteiger partial charge in [0.1, 0.15) is 5.76 Å². The molecule has 0 unspecified atom stereocenters. The second-order valence-electron chi connectivity index (χ2n) is 7.71. The predicted octanol–water partition coefficient (Wildman–Crippen LogP) is 6.59. The number of aliphatic hydroxyl groups excluding tert-OH is 1. The van der Waals surface area contributed by atoms with Gasteiger partial charge in [-0.3, -0.25) is 4.79 Å². The zero-order chi connectivity index (χ0) is 20.8. The van der Waals surface area contributed by atoms with Gasteiger partial charge >= 0.3 is 0 Å². The minimum Gasteiger partial charge on any atom is -0.512 e. The number of rotatable bonds is 3. The van der Waals surface area contributed by atoms with Crippen LogP contribution in [0.4, 0.5) is 0 Å². The number of ketones is 1. The third kappa shape index (κ3) is 2.94. The highest BCUT2D eigenvalue weighted by Crippen LogP contribution is 2.44. The molecule has 0 saturated heterocycles. The SMILES string of the molecule is Cc1ccc(C2=C(O)C[C@H](c3c(-c4ccccc4)cc4ccccn34)C2=O)cc1Cl. The van der Waals surface area contributed by atoms with E-state index in [4.69, 9.17) is 11.6 Å². The van der Waals surface area contributed by atoms with Crippen molar-refractivity contribution in [1.82, 2.24) is 4.40 Å². The zero-order valence-electron chi connectivity index (χ0n) is 16.5. The number of halogens is 1. The number of carbonyl (C=O) groups excluding carboxylic acids is 1. The standard InChI is InChI=1S/C26H20ClNO2/c1-16-10-11-18(13-22(16)27)24-23(29)15-21(26(24)30)25-20(17-7-3-2-4-8-17)14-19-9-5-6-12-28(19)25/h2-14,21,29H,15H2,1H3/t21-/m1/s1. The smallest absolute Gasteiger partial charge is 0.176 e. The Kier molecular flexibility index (Phi) is 4.48. The molecule has 1 N–H and O–H groups in total. The molecule has 0 aliphatic heterocycles. The summed E-state index contributed by atoms with van der Waals surface area (Å²) in [5.41, 5.74) is 5.95. The number of aliphatic hydroxyl groups is 1. The summed E-state index contributed by atoms with van der Waals surface area (Å²) in [7, 11) is 0. The normalized spacial score (nSPS) is 16.6. The lowest BCUT2D eigenvalue weighted by Crippen LogP contribution is -2.11.